The number of rotatable bonds is 5. The lowest BCUT2D eigenvalue weighted by Crippen LogP contribution is -2.42. The molecule has 0 bridgehead atoms. The topological polar surface area (TPSA) is 49.6 Å². The van der Waals surface area contributed by atoms with Gasteiger partial charge in [-0.25, -0.2) is 4.98 Å². The number of aromatic nitrogens is 2. The Morgan fingerprint density at radius 2 is 2.25 bits per heavy atom. The quantitative estimate of drug-likeness (QED) is 0.917. The van der Waals surface area contributed by atoms with E-state index in [2.05, 4.69) is 10.3 Å². The van der Waals surface area contributed by atoms with Crippen molar-refractivity contribution in [1.82, 2.24) is 19.6 Å². The summed E-state index contributed by atoms with van der Waals surface area (Å²) in [5.74, 6) is 0.0827. The van der Waals surface area contributed by atoms with E-state index in [-0.39, 0.29) is 11.9 Å². The van der Waals surface area contributed by atoms with E-state index >= 15 is 0 Å². The van der Waals surface area contributed by atoms with Crippen LogP contribution in [0.1, 0.15) is 19.5 Å². The minimum Gasteiger partial charge on any atom is -0.345 e. The molecule has 0 spiro atoms. The minimum atomic E-state index is -0.228. The second-order valence-electron chi connectivity index (χ2n) is 4.80. The van der Waals surface area contributed by atoms with Crippen molar-refractivity contribution in [3.8, 4) is 0 Å². The van der Waals surface area contributed by atoms with Crippen LogP contribution in [0.5, 0.6) is 0 Å². The van der Waals surface area contributed by atoms with Crippen LogP contribution in [-0.4, -0.2) is 39.8 Å². The summed E-state index contributed by atoms with van der Waals surface area (Å²) in [7, 11) is 1.80. The fourth-order valence-corrected chi connectivity index (χ4v) is 2.10. The van der Waals surface area contributed by atoms with E-state index in [1.807, 2.05) is 42.8 Å². The molecule has 20 heavy (non-hydrogen) atoms. The molecule has 0 aliphatic heterocycles. The Morgan fingerprint density at radius 1 is 1.50 bits per heavy atom. The summed E-state index contributed by atoms with van der Waals surface area (Å²) in [5, 5.41) is 3.86. The number of pyridine rings is 1. The summed E-state index contributed by atoms with van der Waals surface area (Å²) in [5.41, 5.74) is 1.72. The van der Waals surface area contributed by atoms with Crippen molar-refractivity contribution in [3.63, 3.8) is 0 Å². The first-order valence-corrected chi connectivity index (χ1v) is 7.00. The molecule has 108 valence electrons. The number of hydrogen-bond donors (Lipinski definition) is 1. The lowest BCUT2D eigenvalue weighted by molar-refractivity contribution is -0.131. The van der Waals surface area contributed by atoms with Crippen molar-refractivity contribution in [2.45, 2.75) is 26.4 Å². The molecule has 5 nitrogen and oxygen atoms in total. The fraction of sp³-hybridized carbons (Fsp3) is 0.429. The zero-order valence-electron chi connectivity index (χ0n) is 11.9. The van der Waals surface area contributed by atoms with Gasteiger partial charge in [-0.15, -0.1) is 0 Å². The van der Waals surface area contributed by atoms with Gasteiger partial charge in [-0.1, -0.05) is 11.6 Å². The maximum Gasteiger partial charge on any atom is 0.239 e. The number of carbonyl (C=O) groups is 1. The predicted molar refractivity (Wildman–Crippen MR) is 79.8 cm³/mol. The molecule has 1 N–H and O–H groups in total. The number of fused-ring (bicyclic) bond motifs is 1. The van der Waals surface area contributed by atoms with Crippen LogP contribution in [0.15, 0.2) is 24.5 Å². The van der Waals surface area contributed by atoms with Crippen molar-refractivity contribution >= 4 is 23.2 Å². The maximum atomic E-state index is 11.9. The number of hydrogen-bond acceptors (Lipinski definition) is 3. The van der Waals surface area contributed by atoms with Crippen molar-refractivity contribution in [2.75, 3.05) is 13.6 Å². The van der Waals surface area contributed by atoms with Crippen LogP contribution in [-0.2, 0) is 11.3 Å². The molecule has 0 aliphatic rings. The first kappa shape index (κ1) is 14.8. The van der Waals surface area contributed by atoms with Crippen LogP contribution >= 0.6 is 11.6 Å². The summed E-state index contributed by atoms with van der Waals surface area (Å²) in [6.07, 6.45) is 3.72. The molecule has 2 aromatic rings. The Kier molecular flexibility index (Phi) is 4.62. The molecule has 1 amide bonds. The SMILES string of the molecule is CCN(C)C(=O)C(C)NCc1cn2cc(Cl)ccc2n1. The smallest absolute Gasteiger partial charge is 0.239 e. The Balaban J connectivity index is 2.00. The van der Waals surface area contributed by atoms with E-state index in [1.165, 1.54) is 0 Å². The molecule has 6 heteroatoms. The summed E-state index contributed by atoms with van der Waals surface area (Å²) >= 11 is 5.93. The van der Waals surface area contributed by atoms with Gasteiger partial charge in [0.2, 0.25) is 5.91 Å². The average Bonchev–Trinajstić information content (AvgIpc) is 2.84. The molecule has 2 heterocycles. The van der Waals surface area contributed by atoms with Gasteiger partial charge >= 0.3 is 0 Å². The average molecular weight is 295 g/mol. The number of imidazole rings is 1. The number of nitrogens with one attached hydrogen (secondary N) is 1. The highest BCUT2D eigenvalue weighted by Gasteiger charge is 2.15. The Bertz CT molecular complexity index is 610. The summed E-state index contributed by atoms with van der Waals surface area (Å²) in [6.45, 7) is 5.07. The molecule has 0 saturated heterocycles. The maximum absolute atomic E-state index is 11.9. The molecule has 0 aliphatic carbocycles. The third kappa shape index (κ3) is 3.29. The van der Waals surface area contributed by atoms with E-state index in [0.29, 0.717) is 18.1 Å². The van der Waals surface area contributed by atoms with Crippen LogP contribution in [0.3, 0.4) is 0 Å². The number of likely N-dealkylation sites (N-methyl/N-ethyl adjacent to an activating group) is 1. The minimum absolute atomic E-state index is 0.0827. The van der Waals surface area contributed by atoms with Gasteiger partial charge < -0.3 is 14.6 Å². The second kappa shape index (κ2) is 6.24. The predicted octanol–water partition coefficient (Wildman–Crippen LogP) is 1.94. The molecule has 2 aromatic heterocycles. The molecule has 0 fully saturated rings. The van der Waals surface area contributed by atoms with Crippen molar-refractivity contribution in [2.24, 2.45) is 0 Å². The number of amides is 1. The Labute approximate surface area is 123 Å². The molecule has 1 unspecified atom stereocenters. The summed E-state index contributed by atoms with van der Waals surface area (Å²) < 4.78 is 1.88. The monoisotopic (exact) mass is 294 g/mol. The van der Waals surface area contributed by atoms with Gasteiger partial charge in [0.25, 0.3) is 0 Å². The third-order valence-corrected chi connectivity index (χ3v) is 3.50. The normalized spacial score (nSPS) is 12.6. The number of carbonyl (C=O) groups excluding carboxylic acids is 1. The van der Waals surface area contributed by atoms with Crippen LogP contribution < -0.4 is 5.32 Å². The third-order valence-electron chi connectivity index (χ3n) is 3.28. The standard InChI is InChI=1S/C14H19ClN4O/c1-4-18(3)14(20)10(2)16-7-12-9-19-8-11(15)5-6-13(19)17-12/h5-6,8-10,16H,4,7H2,1-3H3. The van der Waals surface area contributed by atoms with E-state index in [4.69, 9.17) is 11.6 Å². The zero-order valence-corrected chi connectivity index (χ0v) is 12.7. The van der Waals surface area contributed by atoms with E-state index in [9.17, 15) is 4.79 Å². The Hall–Kier alpha value is -1.59. The summed E-state index contributed by atoms with van der Waals surface area (Å²) in [6, 6.07) is 3.45. The fourth-order valence-electron chi connectivity index (χ4n) is 1.93. The number of halogens is 1. The van der Waals surface area contributed by atoms with E-state index in [0.717, 1.165) is 11.3 Å². The highest BCUT2D eigenvalue weighted by molar-refractivity contribution is 6.30. The molecule has 0 aromatic carbocycles. The van der Waals surface area contributed by atoms with Gasteiger partial charge in [0, 0.05) is 32.5 Å². The number of nitrogens with zero attached hydrogens (tertiary/aromatic N) is 3. The van der Waals surface area contributed by atoms with Gasteiger partial charge in [0.15, 0.2) is 0 Å². The largest absolute Gasteiger partial charge is 0.345 e. The van der Waals surface area contributed by atoms with Crippen molar-refractivity contribution in [3.05, 3.63) is 35.2 Å². The Morgan fingerprint density at radius 3 is 2.95 bits per heavy atom. The van der Waals surface area contributed by atoms with Gasteiger partial charge in [0.1, 0.15) is 5.65 Å². The highest BCUT2D eigenvalue weighted by Crippen LogP contribution is 2.11. The van der Waals surface area contributed by atoms with Crippen molar-refractivity contribution < 1.29 is 4.79 Å². The highest BCUT2D eigenvalue weighted by atomic mass is 35.5. The molecular formula is C14H19ClN4O. The van der Waals surface area contributed by atoms with E-state index < -0.39 is 0 Å². The zero-order chi connectivity index (χ0) is 14.7. The van der Waals surface area contributed by atoms with Crippen LogP contribution in [0.25, 0.3) is 5.65 Å². The molecule has 2 rings (SSSR count). The molecular weight excluding hydrogens is 276 g/mol. The van der Waals surface area contributed by atoms with Gasteiger partial charge in [-0.2, -0.15) is 0 Å². The van der Waals surface area contributed by atoms with Gasteiger partial charge in [-0.05, 0) is 26.0 Å². The van der Waals surface area contributed by atoms with Crippen LogP contribution in [0.2, 0.25) is 5.02 Å². The second-order valence-corrected chi connectivity index (χ2v) is 5.24. The van der Waals surface area contributed by atoms with Gasteiger partial charge in [0.05, 0.1) is 16.8 Å². The van der Waals surface area contributed by atoms with Crippen LogP contribution in [0, 0.1) is 0 Å². The molecule has 0 radical (unpaired) electrons. The molecule has 1 atom stereocenters. The lowest BCUT2D eigenvalue weighted by atomic mass is 10.3. The first-order valence-electron chi connectivity index (χ1n) is 6.62. The lowest BCUT2D eigenvalue weighted by Gasteiger charge is -2.20. The first-order chi connectivity index (χ1) is 9.51. The summed E-state index contributed by atoms with van der Waals surface area (Å²) in [4.78, 5) is 18.1. The van der Waals surface area contributed by atoms with E-state index in [1.54, 1.807) is 11.9 Å². The van der Waals surface area contributed by atoms with Crippen molar-refractivity contribution in [1.29, 1.82) is 0 Å². The van der Waals surface area contributed by atoms with Crippen LogP contribution in [0.4, 0.5) is 0 Å². The molecule has 0 saturated carbocycles. The van der Waals surface area contributed by atoms with Gasteiger partial charge in [-0.3, -0.25) is 4.79 Å².